The Labute approximate surface area is 169 Å². The molecule has 0 saturated carbocycles. The second kappa shape index (κ2) is 7.80. The van der Waals surface area contributed by atoms with Crippen LogP contribution in [-0.4, -0.2) is 49.7 Å². The normalized spacial score (nSPS) is 15.8. The molecule has 1 amide bonds. The van der Waals surface area contributed by atoms with Crippen molar-refractivity contribution in [1.29, 1.82) is 0 Å². The van der Waals surface area contributed by atoms with E-state index in [1.54, 1.807) is 11.0 Å². The molecule has 2 aromatic carbocycles. The van der Waals surface area contributed by atoms with Crippen molar-refractivity contribution < 1.29 is 13.2 Å². The van der Waals surface area contributed by atoms with Crippen LogP contribution in [-0.2, 0) is 10.0 Å². The number of hydrogen-bond donors (Lipinski definition) is 0. The number of benzene rings is 2. The zero-order chi connectivity index (χ0) is 19.8. The van der Waals surface area contributed by atoms with E-state index in [0.717, 1.165) is 11.1 Å². The van der Waals surface area contributed by atoms with Crippen LogP contribution in [0.1, 0.15) is 21.5 Å². The predicted octanol–water partition coefficient (Wildman–Crippen LogP) is 3.76. The lowest BCUT2D eigenvalue weighted by atomic mass is 10.0. The van der Waals surface area contributed by atoms with Crippen LogP contribution in [0.15, 0.2) is 41.3 Å². The van der Waals surface area contributed by atoms with Crippen LogP contribution in [0.5, 0.6) is 0 Å². The van der Waals surface area contributed by atoms with Crippen molar-refractivity contribution in [1.82, 2.24) is 9.21 Å². The highest BCUT2D eigenvalue weighted by Gasteiger charge is 2.33. The third kappa shape index (κ3) is 3.99. The number of amides is 1. The first kappa shape index (κ1) is 20.1. The van der Waals surface area contributed by atoms with Crippen molar-refractivity contribution >= 4 is 39.1 Å². The molecule has 0 aliphatic carbocycles. The van der Waals surface area contributed by atoms with Crippen LogP contribution in [0.25, 0.3) is 0 Å². The minimum atomic E-state index is -3.82. The van der Waals surface area contributed by atoms with Gasteiger partial charge in [0.1, 0.15) is 4.90 Å². The van der Waals surface area contributed by atoms with Gasteiger partial charge in [-0.15, -0.1) is 0 Å². The third-order valence-corrected chi connectivity index (χ3v) is 7.52. The Bertz CT molecular complexity index is 964. The summed E-state index contributed by atoms with van der Waals surface area (Å²) in [5, 5.41) is 0.188. The predicted molar refractivity (Wildman–Crippen MR) is 107 cm³/mol. The van der Waals surface area contributed by atoms with E-state index >= 15 is 0 Å². The Kier molecular flexibility index (Phi) is 5.82. The van der Waals surface area contributed by atoms with Crippen molar-refractivity contribution in [2.75, 3.05) is 26.2 Å². The van der Waals surface area contributed by atoms with Gasteiger partial charge in [0.05, 0.1) is 10.0 Å². The molecule has 0 bridgehead atoms. The molecule has 1 fully saturated rings. The number of aryl methyl sites for hydroxylation is 2. The fourth-order valence-electron chi connectivity index (χ4n) is 3.13. The van der Waals surface area contributed by atoms with E-state index in [1.807, 2.05) is 32.0 Å². The fourth-order valence-corrected chi connectivity index (χ4v) is 5.64. The highest BCUT2D eigenvalue weighted by molar-refractivity contribution is 7.89. The number of rotatable bonds is 3. The van der Waals surface area contributed by atoms with E-state index in [2.05, 4.69) is 0 Å². The van der Waals surface area contributed by atoms with E-state index in [0.29, 0.717) is 18.7 Å². The second-order valence-corrected chi connectivity index (χ2v) is 9.25. The first-order valence-electron chi connectivity index (χ1n) is 8.52. The minimum absolute atomic E-state index is 0.0796. The summed E-state index contributed by atoms with van der Waals surface area (Å²) in [5.74, 6) is -0.0796. The van der Waals surface area contributed by atoms with Crippen LogP contribution in [0.4, 0.5) is 0 Å². The SMILES string of the molecule is Cc1ccc(C)c(C(=O)N2CCN(S(=O)(=O)c3c(Cl)cccc3Cl)CC2)c1. The summed E-state index contributed by atoms with van der Waals surface area (Å²) in [6, 6.07) is 10.3. The smallest absolute Gasteiger partial charge is 0.254 e. The van der Waals surface area contributed by atoms with Gasteiger partial charge in [-0.2, -0.15) is 4.31 Å². The summed E-state index contributed by atoms with van der Waals surface area (Å²) in [6.07, 6.45) is 0. The molecular weight excluding hydrogens is 407 g/mol. The number of hydrogen-bond acceptors (Lipinski definition) is 3. The summed E-state index contributed by atoms with van der Waals surface area (Å²) in [4.78, 5) is 14.4. The topological polar surface area (TPSA) is 57.7 Å². The molecule has 144 valence electrons. The maximum absolute atomic E-state index is 12.9. The van der Waals surface area contributed by atoms with Crippen molar-refractivity contribution in [3.63, 3.8) is 0 Å². The summed E-state index contributed by atoms with van der Waals surface area (Å²) in [5.41, 5.74) is 2.57. The van der Waals surface area contributed by atoms with Gasteiger partial charge in [0.2, 0.25) is 10.0 Å². The summed E-state index contributed by atoms with van der Waals surface area (Å²) >= 11 is 12.1. The number of piperazine rings is 1. The molecule has 3 rings (SSSR count). The molecule has 1 aliphatic rings. The van der Waals surface area contributed by atoms with E-state index in [9.17, 15) is 13.2 Å². The van der Waals surface area contributed by atoms with Crippen molar-refractivity contribution in [2.45, 2.75) is 18.7 Å². The van der Waals surface area contributed by atoms with Crippen LogP contribution < -0.4 is 0 Å². The second-order valence-electron chi connectivity index (χ2n) is 6.57. The summed E-state index contributed by atoms with van der Waals surface area (Å²) in [6.45, 7) is 4.85. The number of carbonyl (C=O) groups excluding carboxylic acids is 1. The lowest BCUT2D eigenvalue weighted by Gasteiger charge is -2.34. The van der Waals surface area contributed by atoms with Gasteiger partial charge in [0.15, 0.2) is 0 Å². The maximum atomic E-state index is 12.9. The van der Waals surface area contributed by atoms with Gasteiger partial charge in [-0.3, -0.25) is 4.79 Å². The Morgan fingerprint density at radius 1 is 0.963 bits per heavy atom. The average molecular weight is 427 g/mol. The van der Waals surface area contributed by atoms with Gasteiger partial charge in [0, 0.05) is 31.7 Å². The van der Waals surface area contributed by atoms with E-state index in [4.69, 9.17) is 23.2 Å². The molecule has 0 radical (unpaired) electrons. The summed E-state index contributed by atoms with van der Waals surface area (Å²) < 4.78 is 27.2. The molecule has 0 atom stereocenters. The highest BCUT2D eigenvalue weighted by Crippen LogP contribution is 2.32. The molecule has 5 nitrogen and oxygen atoms in total. The third-order valence-electron chi connectivity index (χ3n) is 4.67. The molecule has 0 aromatic heterocycles. The molecular formula is C19H20Cl2N2O3S. The van der Waals surface area contributed by atoms with Crippen molar-refractivity contribution in [2.24, 2.45) is 0 Å². The number of carbonyl (C=O) groups is 1. The molecule has 1 aliphatic heterocycles. The first-order valence-corrected chi connectivity index (χ1v) is 10.7. The molecule has 0 spiro atoms. The largest absolute Gasteiger partial charge is 0.336 e. The lowest BCUT2D eigenvalue weighted by Crippen LogP contribution is -2.50. The average Bonchev–Trinajstić information content (AvgIpc) is 2.63. The number of sulfonamides is 1. The lowest BCUT2D eigenvalue weighted by molar-refractivity contribution is 0.0697. The molecule has 0 N–H and O–H groups in total. The van der Waals surface area contributed by atoms with E-state index < -0.39 is 10.0 Å². The molecule has 0 unspecified atom stereocenters. The van der Waals surface area contributed by atoms with Gasteiger partial charge in [0.25, 0.3) is 5.91 Å². The maximum Gasteiger partial charge on any atom is 0.254 e. The fraction of sp³-hybridized carbons (Fsp3) is 0.316. The highest BCUT2D eigenvalue weighted by atomic mass is 35.5. The van der Waals surface area contributed by atoms with Gasteiger partial charge in [-0.1, -0.05) is 47.0 Å². The zero-order valence-corrected chi connectivity index (χ0v) is 17.4. The monoisotopic (exact) mass is 426 g/mol. The summed E-state index contributed by atoms with van der Waals surface area (Å²) in [7, 11) is -3.82. The molecule has 27 heavy (non-hydrogen) atoms. The van der Waals surface area contributed by atoms with Crippen LogP contribution in [0, 0.1) is 13.8 Å². The number of halogens is 2. The molecule has 8 heteroatoms. The van der Waals surface area contributed by atoms with Gasteiger partial charge in [-0.25, -0.2) is 8.42 Å². The van der Waals surface area contributed by atoms with Crippen molar-refractivity contribution in [3.8, 4) is 0 Å². The number of nitrogens with zero attached hydrogens (tertiary/aromatic N) is 2. The molecule has 1 saturated heterocycles. The Morgan fingerprint density at radius 2 is 1.56 bits per heavy atom. The van der Waals surface area contributed by atoms with Gasteiger partial charge in [-0.05, 0) is 37.6 Å². The Balaban J connectivity index is 1.77. The van der Waals surface area contributed by atoms with E-state index in [1.165, 1.54) is 16.4 Å². The quantitative estimate of drug-likeness (QED) is 0.750. The molecule has 2 aromatic rings. The van der Waals surface area contributed by atoms with Crippen LogP contribution >= 0.6 is 23.2 Å². The van der Waals surface area contributed by atoms with Gasteiger partial charge < -0.3 is 4.90 Å². The standard InChI is InChI=1S/C19H20Cl2N2O3S/c1-13-6-7-14(2)15(12-13)19(24)22-8-10-23(11-9-22)27(25,26)18-16(20)4-3-5-17(18)21/h3-7,12H,8-11H2,1-2H3. The first-order chi connectivity index (χ1) is 12.7. The Morgan fingerprint density at radius 3 is 2.15 bits per heavy atom. The molecule has 1 heterocycles. The van der Waals surface area contributed by atoms with Crippen molar-refractivity contribution in [3.05, 3.63) is 63.1 Å². The van der Waals surface area contributed by atoms with E-state index in [-0.39, 0.29) is 33.9 Å². The minimum Gasteiger partial charge on any atom is -0.336 e. The van der Waals surface area contributed by atoms with Crippen LogP contribution in [0.2, 0.25) is 10.0 Å². The van der Waals surface area contributed by atoms with Gasteiger partial charge >= 0.3 is 0 Å². The Hall–Kier alpha value is -1.60. The van der Waals surface area contributed by atoms with Crippen LogP contribution in [0.3, 0.4) is 0 Å². The zero-order valence-electron chi connectivity index (χ0n) is 15.1.